The molecule has 3 atom stereocenters. The van der Waals surface area contributed by atoms with Crippen molar-refractivity contribution in [3.63, 3.8) is 0 Å². The van der Waals surface area contributed by atoms with Crippen molar-refractivity contribution in [2.45, 2.75) is 25.2 Å². The summed E-state index contributed by atoms with van der Waals surface area (Å²) in [6, 6.07) is 41.7. The molecule has 34 heavy (non-hydrogen) atoms. The van der Waals surface area contributed by atoms with Crippen molar-refractivity contribution in [2.75, 3.05) is 0 Å². The maximum absolute atomic E-state index is 5.01. The molecule has 4 aromatic carbocycles. The lowest BCUT2D eigenvalue weighted by Gasteiger charge is -2.26. The maximum Gasteiger partial charge on any atom is 0.133 e. The van der Waals surface area contributed by atoms with Crippen LogP contribution in [0.15, 0.2) is 132 Å². The molecule has 4 nitrogen and oxygen atoms in total. The molecule has 1 unspecified atom stereocenters. The summed E-state index contributed by atoms with van der Waals surface area (Å²) in [5.41, 5.74) is 4.57. The maximum atomic E-state index is 5.01. The van der Waals surface area contributed by atoms with Gasteiger partial charge in [-0.05, 0) is 29.2 Å². The fourth-order valence-corrected chi connectivity index (χ4v) is 4.53. The van der Waals surface area contributed by atoms with Crippen molar-refractivity contribution in [1.29, 1.82) is 0 Å². The predicted molar refractivity (Wildman–Crippen MR) is 140 cm³/mol. The van der Waals surface area contributed by atoms with Crippen LogP contribution in [0.25, 0.3) is 0 Å². The average molecular weight is 445 g/mol. The van der Waals surface area contributed by atoms with Crippen LogP contribution in [-0.2, 0) is 0 Å². The Balaban J connectivity index is 1.60. The first-order chi connectivity index (χ1) is 16.8. The molecule has 4 heteroatoms. The third-order valence-corrected chi connectivity index (χ3v) is 6.20. The Kier molecular flexibility index (Phi) is 6.48. The summed E-state index contributed by atoms with van der Waals surface area (Å²) >= 11 is 0. The Morgan fingerprint density at radius 1 is 0.500 bits per heavy atom. The second-order valence-corrected chi connectivity index (χ2v) is 8.41. The Labute approximate surface area is 201 Å². The number of benzene rings is 4. The second kappa shape index (κ2) is 10.2. The first-order valence-corrected chi connectivity index (χ1v) is 11.7. The van der Waals surface area contributed by atoms with Crippen LogP contribution in [0.4, 0.5) is 0 Å². The van der Waals surface area contributed by atoms with Gasteiger partial charge in [0.2, 0.25) is 0 Å². The standard InChI is InChI=1S/C30H28N4/c1-24-33(31-22-25-14-6-2-7-15-25)29(27-18-10-4-11-19-27)30(28-20-12-5-13-21-28)34(24)32-23-26-16-8-3-9-17-26/h2-24,29-30H,1H3/b31-22-,32-23+/t24?,29-,30+/m0/s1. The number of nitrogens with zero attached hydrogens (tertiary/aromatic N) is 4. The molecule has 0 aliphatic carbocycles. The molecule has 0 spiro atoms. The lowest BCUT2D eigenvalue weighted by atomic mass is 9.94. The van der Waals surface area contributed by atoms with Crippen LogP contribution in [0.3, 0.4) is 0 Å². The van der Waals surface area contributed by atoms with Crippen molar-refractivity contribution < 1.29 is 0 Å². The van der Waals surface area contributed by atoms with Gasteiger partial charge in [0.25, 0.3) is 0 Å². The largest absolute Gasteiger partial charge is 0.263 e. The minimum atomic E-state index is -0.0460. The van der Waals surface area contributed by atoms with Gasteiger partial charge >= 0.3 is 0 Å². The molecule has 0 aromatic heterocycles. The van der Waals surface area contributed by atoms with Crippen LogP contribution in [0.2, 0.25) is 0 Å². The molecule has 1 saturated heterocycles. The minimum absolute atomic E-state index is 0.00601. The molecule has 5 rings (SSSR count). The molecule has 1 aliphatic heterocycles. The highest BCUT2D eigenvalue weighted by atomic mass is 15.7. The lowest BCUT2D eigenvalue weighted by Crippen LogP contribution is -2.31. The summed E-state index contributed by atoms with van der Waals surface area (Å²) in [5.74, 6) is 0. The normalized spacial score (nSPS) is 20.4. The molecular weight excluding hydrogens is 416 g/mol. The highest BCUT2D eigenvalue weighted by molar-refractivity contribution is 5.79. The van der Waals surface area contributed by atoms with Gasteiger partial charge in [0, 0.05) is 0 Å². The van der Waals surface area contributed by atoms with Gasteiger partial charge in [-0.15, -0.1) is 0 Å². The van der Waals surface area contributed by atoms with E-state index in [0.29, 0.717) is 0 Å². The van der Waals surface area contributed by atoms with Crippen molar-refractivity contribution in [1.82, 2.24) is 10.0 Å². The molecule has 0 bridgehead atoms. The topological polar surface area (TPSA) is 31.2 Å². The van der Waals surface area contributed by atoms with E-state index in [1.807, 2.05) is 48.8 Å². The zero-order valence-corrected chi connectivity index (χ0v) is 19.2. The smallest absolute Gasteiger partial charge is 0.133 e. The third kappa shape index (κ3) is 4.62. The minimum Gasteiger partial charge on any atom is -0.263 e. The van der Waals surface area contributed by atoms with Crippen molar-refractivity contribution in [3.05, 3.63) is 144 Å². The van der Waals surface area contributed by atoms with Crippen LogP contribution in [0.5, 0.6) is 0 Å². The molecule has 168 valence electrons. The summed E-state index contributed by atoms with van der Waals surface area (Å²) in [5, 5.41) is 14.4. The van der Waals surface area contributed by atoms with Gasteiger partial charge in [-0.2, -0.15) is 10.2 Å². The molecule has 0 radical (unpaired) electrons. The van der Waals surface area contributed by atoms with E-state index in [2.05, 4.69) is 102 Å². The van der Waals surface area contributed by atoms with Gasteiger partial charge in [0.15, 0.2) is 0 Å². The Hall–Kier alpha value is -4.18. The van der Waals surface area contributed by atoms with Crippen LogP contribution in [0, 0.1) is 0 Å². The van der Waals surface area contributed by atoms with Crippen LogP contribution < -0.4 is 0 Å². The van der Waals surface area contributed by atoms with Crippen LogP contribution >= 0.6 is 0 Å². The van der Waals surface area contributed by atoms with E-state index in [4.69, 9.17) is 10.2 Å². The van der Waals surface area contributed by atoms with E-state index in [9.17, 15) is 0 Å². The molecule has 0 N–H and O–H groups in total. The fraction of sp³-hybridized carbons (Fsp3) is 0.133. The molecule has 1 aliphatic rings. The second-order valence-electron chi connectivity index (χ2n) is 8.41. The molecule has 4 aromatic rings. The summed E-state index contributed by atoms with van der Waals surface area (Å²) in [6.45, 7) is 2.17. The van der Waals surface area contributed by atoms with E-state index in [-0.39, 0.29) is 18.2 Å². The Morgan fingerprint density at radius 3 is 1.18 bits per heavy atom. The highest BCUT2D eigenvalue weighted by Crippen LogP contribution is 2.47. The quantitative estimate of drug-likeness (QED) is 0.318. The first-order valence-electron chi connectivity index (χ1n) is 11.7. The number of hydrogen-bond acceptors (Lipinski definition) is 4. The summed E-state index contributed by atoms with van der Waals surface area (Å²) in [7, 11) is 0. The zero-order valence-electron chi connectivity index (χ0n) is 19.2. The van der Waals surface area contributed by atoms with E-state index < -0.39 is 0 Å². The van der Waals surface area contributed by atoms with E-state index in [0.717, 1.165) is 11.1 Å². The Morgan fingerprint density at radius 2 is 0.824 bits per heavy atom. The van der Waals surface area contributed by atoms with Crippen LogP contribution in [-0.4, -0.2) is 28.6 Å². The predicted octanol–water partition coefficient (Wildman–Crippen LogP) is 6.50. The van der Waals surface area contributed by atoms with Gasteiger partial charge < -0.3 is 0 Å². The monoisotopic (exact) mass is 444 g/mol. The number of rotatable bonds is 6. The van der Waals surface area contributed by atoms with Crippen molar-refractivity contribution in [3.8, 4) is 0 Å². The lowest BCUT2D eigenvalue weighted by molar-refractivity contribution is 0.138. The SMILES string of the molecule is CC1N(/N=C\c2ccccc2)[C@@H](c2ccccc2)[C@@H](c2ccccc2)N1/N=C/c1ccccc1. The van der Waals surface area contributed by atoms with E-state index >= 15 is 0 Å². The number of hydrazone groups is 2. The molecule has 1 fully saturated rings. The van der Waals surface area contributed by atoms with Gasteiger partial charge in [-0.25, -0.2) is 0 Å². The van der Waals surface area contributed by atoms with Gasteiger partial charge in [0.1, 0.15) is 18.2 Å². The van der Waals surface area contributed by atoms with Crippen molar-refractivity contribution >= 4 is 12.4 Å². The van der Waals surface area contributed by atoms with E-state index in [1.165, 1.54) is 11.1 Å². The zero-order chi connectivity index (χ0) is 23.2. The van der Waals surface area contributed by atoms with E-state index in [1.54, 1.807) is 0 Å². The summed E-state index contributed by atoms with van der Waals surface area (Å²) in [4.78, 5) is 0. The first kappa shape index (κ1) is 21.7. The molecule has 1 heterocycles. The average Bonchev–Trinajstić information content (AvgIpc) is 3.19. The highest BCUT2D eigenvalue weighted by Gasteiger charge is 2.46. The molecule has 0 amide bonds. The number of hydrogen-bond donors (Lipinski definition) is 0. The molecule has 0 saturated carbocycles. The van der Waals surface area contributed by atoms with Crippen LogP contribution in [0.1, 0.15) is 41.3 Å². The molecular formula is C30H28N4. The van der Waals surface area contributed by atoms with Gasteiger partial charge in [-0.3, -0.25) is 10.0 Å². The van der Waals surface area contributed by atoms with Gasteiger partial charge in [-0.1, -0.05) is 121 Å². The Bertz CT molecular complexity index is 1130. The third-order valence-electron chi connectivity index (χ3n) is 6.20. The fourth-order valence-electron chi connectivity index (χ4n) is 4.53. The summed E-state index contributed by atoms with van der Waals surface area (Å²) < 4.78 is 0. The van der Waals surface area contributed by atoms with Crippen molar-refractivity contribution in [2.24, 2.45) is 10.2 Å². The van der Waals surface area contributed by atoms with Gasteiger partial charge in [0.05, 0.1) is 12.4 Å². The summed E-state index contributed by atoms with van der Waals surface area (Å²) in [6.07, 6.45) is 3.84.